The van der Waals surface area contributed by atoms with E-state index in [9.17, 15) is 13.2 Å². The zero-order valence-electron chi connectivity index (χ0n) is 12.5. The molecule has 122 valence electrons. The standard InChI is InChI=1S/C14H21N3O4S/c1-21-11-8-15-22(19,20)13-6-4-12(5-7-13)16-14(18)17-9-2-3-10-17/h4-7,15H,2-3,8-11H2,1H3,(H,16,18). The van der Waals surface area contributed by atoms with Crippen LogP contribution in [-0.2, 0) is 14.8 Å². The van der Waals surface area contributed by atoms with Crippen molar-refractivity contribution in [2.75, 3.05) is 38.7 Å². The molecule has 1 saturated heterocycles. The Hall–Kier alpha value is -1.64. The summed E-state index contributed by atoms with van der Waals surface area (Å²) in [7, 11) is -2.04. The number of carbonyl (C=O) groups excluding carboxylic acids is 1. The van der Waals surface area contributed by atoms with Gasteiger partial charge in [0.2, 0.25) is 10.0 Å². The molecule has 0 radical (unpaired) electrons. The SMILES string of the molecule is COCCNS(=O)(=O)c1ccc(NC(=O)N2CCCC2)cc1. The van der Waals surface area contributed by atoms with Crippen LogP contribution in [-0.4, -0.2) is 52.7 Å². The van der Waals surface area contributed by atoms with Crippen LogP contribution in [0.1, 0.15) is 12.8 Å². The van der Waals surface area contributed by atoms with Gasteiger partial charge in [-0.2, -0.15) is 0 Å². The summed E-state index contributed by atoms with van der Waals surface area (Å²) in [6.07, 6.45) is 2.05. The first kappa shape index (κ1) is 16.7. The Balaban J connectivity index is 1.96. The number of nitrogens with one attached hydrogen (secondary N) is 2. The lowest BCUT2D eigenvalue weighted by Crippen LogP contribution is -2.32. The minimum atomic E-state index is -3.55. The van der Waals surface area contributed by atoms with Crippen LogP contribution in [0.5, 0.6) is 0 Å². The Labute approximate surface area is 130 Å². The molecule has 0 saturated carbocycles. The second-order valence-corrected chi connectivity index (χ2v) is 6.81. The number of hydrogen-bond donors (Lipinski definition) is 2. The second kappa shape index (κ2) is 7.57. The van der Waals surface area contributed by atoms with E-state index in [1.165, 1.54) is 19.2 Å². The van der Waals surface area contributed by atoms with Gasteiger partial charge in [-0.3, -0.25) is 0 Å². The molecule has 2 rings (SSSR count). The van der Waals surface area contributed by atoms with Crippen molar-refractivity contribution in [3.63, 3.8) is 0 Å². The zero-order valence-corrected chi connectivity index (χ0v) is 13.4. The number of hydrogen-bond acceptors (Lipinski definition) is 4. The van der Waals surface area contributed by atoms with Crippen molar-refractivity contribution in [2.45, 2.75) is 17.7 Å². The number of rotatable bonds is 6. The summed E-state index contributed by atoms with van der Waals surface area (Å²) in [5.41, 5.74) is 0.577. The molecule has 22 heavy (non-hydrogen) atoms. The quantitative estimate of drug-likeness (QED) is 0.770. The van der Waals surface area contributed by atoms with Gasteiger partial charge in [0.25, 0.3) is 0 Å². The van der Waals surface area contributed by atoms with Crippen LogP contribution in [0, 0.1) is 0 Å². The van der Waals surface area contributed by atoms with Crippen LogP contribution >= 0.6 is 0 Å². The summed E-state index contributed by atoms with van der Waals surface area (Å²) < 4.78 is 31.2. The predicted molar refractivity (Wildman–Crippen MR) is 83.3 cm³/mol. The topological polar surface area (TPSA) is 87.7 Å². The summed E-state index contributed by atoms with van der Waals surface area (Å²) in [6, 6.07) is 5.95. The van der Waals surface area contributed by atoms with Gasteiger partial charge in [-0.15, -0.1) is 0 Å². The molecule has 2 amide bonds. The van der Waals surface area contributed by atoms with E-state index in [1.807, 2.05) is 0 Å². The van der Waals surface area contributed by atoms with Crippen LogP contribution < -0.4 is 10.0 Å². The number of urea groups is 1. The number of carbonyl (C=O) groups is 1. The maximum atomic E-state index is 12.0. The van der Waals surface area contributed by atoms with Gasteiger partial charge in [0.05, 0.1) is 11.5 Å². The van der Waals surface area contributed by atoms with E-state index in [2.05, 4.69) is 10.0 Å². The molecule has 2 N–H and O–H groups in total. The maximum Gasteiger partial charge on any atom is 0.321 e. The van der Waals surface area contributed by atoms with Crippen molar-refractivity contribution in [1.82, 2.24) is 9.62 Å². The molecule has 1 aliphatic heterocycles. The first-order chi connectivity index (χ1) is 10.5. The maximum absolute atomic E-state index is 12.0. The van der Waals surface area contributed by atoms with Crippen LogP contribution in [0.25, 0.3) is 0 Å². The van der Waals surface area contributed by atoms with Gasteiger partial charge >= 0.3 is 6.03 Å². The fraction of sp³-hybridized carbons (Fsp3) is 0.500. The highest BCUT2D eigenvalue weighted by molar-refractivity contribution is 7.89. The smallest absolute Gasteiger partial charge is 0.321 e. The van der Waals surface area contributed by atoms with Gasteiger partial charge in [-0.1, -0.05) is 0 Å². The van der Waals surface area contributed by atoms with E-state index in [-0.39, 0.29) is 17.5 Å². The first-order valence-corrected chi connectivity index (χ1v) is 8.66. The highest BCUT2D eigenvalue weighted by Crippen LogP contribution is 2.15. The molecule has 0 unspecified atom stereocenters. The monoisotopic (exact) mass is 327 g/mol. The van der Waals surface area contributed by atoms with Gasteiger partial charge in [-0.05, 0) is 37.1 Å². The number of nitrogens with zero attached hydrogens (tertiary/aromatic N) is 1. The normalized spacial score (nSPS) is 15.0. The zero-order chi connectivity index (χ0) is 16.0. The lowest BCUT2D eigenvalue weighted by Gasteiger charge is -2.16. The van der Waals surface area contributed by atoms with Crippen molar-refractivity contribution in [2.24, 2.45) is 0 Å². The summed E-state index contributed by atoms with van der Waals surface area (Å²) in [5.74, 6) is 0. The minimum Gasteiger partial charge on any atom is -0.383 e. The Bertz CT molecular complexity index is 595. The van der Waals surface area contributed by atoms with Gasteiger partial charge < -0.3 is 15.0 Å². The molecule has 1 aromatic rings. The Morgan fingerprint density at radius 3 is 2.45 bits per heavy atom. The Morgan fingerprint density at radius 1 is 1.23 bits per heavy atom. The van der Waals surface area contributed by atoms with Crippen LogP contribution in [0.15, 0.2) is 29.2 Å². The Kier molecular flexibility index (Phi) is 5.76. The number of methoxy groups -OCH3 is 1. The summed E-state index contributed by atoms with van der Waals surface area (Å²) in [5, 5.41) is 2.77. The molecule has 7 nitrogen and oxygen atoms in total. The predicted octanol–water partition coefficient (Wildman–Crippen LogP) is 1.24. The van der Waals surface area contributed by atoms with Gasteiger partial charge in [0.1, 0.15) is 0 Å². The van der Waals surface area contributed by atoms with Crippen LogP contribution in [0.4, 0.5) is 10.5 Å². The van der Waals surface area contributed by atoms with E-state index in [0.717, 1.165) is 25.9 Å². The average molecular weight is 327 g/mol. The third-order valence-electron chi connectivity index (χ3n) is 3.41. The number of benzene rings is 1. The number of ether oxygens (including phenoxy) is 1. The van der Waals surface area contributed by atoms with Gasteiger partial charge in [-0.25, -0.2) is 17.9 Å². The van der Waals surface area contributed by atoms with Gasteiger partial charge in [0, 0.05) is 32.4 Å². The third-order valence-corrected chi connectivity index (χ3v) is 4.88. The van der Waals surface area contributed by atoms with E-state index < -0.39 is 10.0 Å². The second-order valence-electron chi connectivity index (χ2n) is 5.04. The molecular weight excluding hydrogens is 306 g/mol. The highest BCUT2D eigenvalue weighted by atomic mass is 32.2. The molecule has 1 aromatic carbocycles. The molecule has 1 fully saturated rings. The molecule has 8 heteroatoms. The fourth-order valence-electron chi connectivity index (χ4n) is 2.20. The number of sulfonamides is 1. The minimum absolute atomic E-state index is 0.147. The first-order valence-electron chi connectivity index (χ1n) is 7.17. The lowest BCUT2D eigenvalue weighted by molar-refractivity contribution is 0.204. The summed E-state index contributed by atoms with van der Waals surface area (Å²) in [4.78, 5) is 13.8. The van der Waals surface area contributed by atoms with Crippen LogP contribution in [0.2, 0.25) is 0 Å². The van der Waals surface area contributed by atoms with E-state index in [4.69, 9.17) is 4.74 Å². The van der Waals surface area contributed by atoms with Crippen molar-refractivity contribution in [3.05, 3.63) is 24.3 Å². The van der Waals surface area contributed by atoms with E-state index in [1.54, 1.807) is 17.0 Å². The highest BCUT2D eigenvalue weighted by Gasteiger charge is 2.18. The lowest BCUT2D eigenvalue weighted by atomic mass is 10.3. The molecule has 0 spiro atoms. The molecule has 0 atom stereocenters. The summed E-state index contributed by atoms with van der Waals surface area (Å²) in [6.45, 7) is 2.05. The van der Waals surface area contributed by atoms with E-state index >= 15 is 0 Å². The molecule has 0 aromatic heterocycles. The molecular formula is C14H21N3O4S. The van der Waals surface area contributed by atoms with Gasteiger partial charge in [0.15, 0.2) is 0 Å². The largest absolute Gasteiger partial charge is 0.383 e. The molecule has 1 aliphatic rings. The number of anilines is 1. The van der Waals surface area contributed by atoms with Crippen molar-refractivity contribution >= 4 is 21.7 Å². The van der Waals surface area contributed by atoms with E-state index in [0.29, 0.717) is 12.3 Å². The summed E-state index contributed by atoms with van der Waals surface area (Å²) >= 11 is 0. The third kappa shape index (κ3) is 4.43. The van der Waals surface area contributed by atoms with Crippen LogP contribution in [0.3, 0.4) is 0 Å². The molecule has 0 aliphatic carbocycles. The number of likely N-dealkylation sites (tertiary alicyclic amines) is 1. The van der Waals surface area contributed by atoms with Crippen molar-refractivity contribution in [3.8, 4) is 0 Å². The Morgan fingerprint density at radius 2 is 1.86 bits per heavy atom. The van der Waals surface area contributed by atoms with Crippen molar-refractivity contribution < 1.29 is 17.9 Å². The fourth-order valence-corrected chi connectivity index (χ4v) is 3.21. The number of amides is 2. The van der Waals surface area contributed by atoms with Crippen molar-refractivity contribution in [1.29, 1.82) is 0 Å². The molecule has 1 heterocycles. The molecule has 0 bridgehead atoms. The average Bonchev–Trinajstić information content (AvgIpc) is 3.02.